The van der Waals surface area contributed by atoms with Gasteiger partial charge in [-0.3, -0.25) is 4.79 Å². The highest BCUT2D eigenvalue weighted by Gasteiger charge is 2.24. The molecular weight excluding hydrogens is 443 g/mol. The number of hydrogen-bond donors (Lipinski definition) is 1. The molecule has 34 heavy (non-hydrogen) atoms. The van der Waals surface area contributed by atoms with Gasteiger partial charge >= 0.3 is 0 Å². The second-order valence-corrected chi connectivity index (χ2v) is 9.34. The van der Waals surface area contributed by atoms with E-state index in [1.54, 1.807) is 12.5 Å². The zero-order chi connectivity index (χ0) is 23.9. The summed E-state index contributed by atoms with van der Waals surface area (Å²) in [5.41, 5.74) is 3.44. The molecule has 1 amide bonds. The Bertz CT molecular complexity index is 1160. The van der Waals surface area contributed by atoms with Crippen molar-refractivity contribution in [3.63, 3.8) is 0 Å². The lowest BCUT2D eigenvalue weighted by Gasteiger charge is -2.37. The maximum atomic E-state index is 12.8. The van der Waals surface area contributed by atoms with Gasteiger partial charge in [0.2, 0.25) is 0 Å². The maximum Gasteiger partial charge on any atom is 0.251 e. The van der Waals surface area contributed by atoms with Crippen molar-refractivity contribution >= 4 is 26.1 Å². The summed E-state index contributed by atoms with van der Waals surface area (Å²) in [7, 11) is 2.69. The summed E-state index contributed by atoms with van der Waals surface area (Å²) in [6, 6.07) is 13.9. The molecule has 0 bridgehead atoms. The van der Waals surface area contributed by atoms with Gasteiger partial charge in [0, 0.05) is 55.3 Å². The van der Waals surface area contributed by atoms with Crippen LogP contribution >= 0.6 is 9.24 Å². The first-order valence-electron chi connectivity index (χ1n) is 11.6. The fraction of sp³-hybridized carbons (Fsp3) is 0.333. The van der Waals surface area contributed by atoms with Gasteiger partial charge in [0.15, 0.2) is 0 Å². The number of nitrogens with zero attached hydrogens (tertiary/aromatic N) is 3. The summed E-state index contributed by atoms with van der Waals surface area (Å²) in [6.07, 6.45) is 6.57. The van der Waals surface area contributed by atoms with Crippen molar-refractivity contribution in [3.05, 3.63) is 77.9 Å². The number of ether oxygens (including phenoxy) is 1. The Labute approximate surface area is 203 Å². The van der Waals surface area contributed by atoms with Crippen molar-refractivity contribution in [3.8, 4) is 11.8 Å². The number of carbonyl (C=O) groups excluding carboxylic acids is 1. The standard InChI is InChI=1S/C27H31N4O2P/c1-20-17-31(18-21(2)33-20)26-11-8-24(27(32)29-12-3-14-30-15-13-28-19-30)16-23(26)7-4-22-5-9-25(34)10-6-22/h5-6,8-11,13,15-16,19-21H,3,12,14,17-18,34H2,1-2H3,(H,29,32)/t20-,21+. The summed E-state index contributed by atoms with van der Waals surface area (Å²) in [6.45, 7) is 7.17. The number of benzene rings is 2. The van der Waals surface area contributed by atoms with Gasteiger partial charge in [-0.15, -0.1) is 9.24 Å². The molecule has 7 heteroatoms. The summed E-state index contributed by atoms with van der Waals surface area (Å²) in [5, 5.41) is 4.14. The Kier molecular flexibility index (Phi) is 8.00. The van der Waals surface area contributed by atoms with Crippen LogP contribution in [0, 0.1) is 11.8 Å². The molecule has 3 atom stereocenters. The Balaban J connectivity index is 1.53. The van der Waals surface area contributed by atoms with Gasteiger partial charge < -0.3 is 19.5 Å². The monoisotopic (exact) mass is 474 g/mol. The molecule has 176 valence electrons. The van der Waals surface area contributed by atoms with Crippen molar-refractivity contribution in [2.24, 2.45) is 0 Å². The van der Waals surface area contributed by atoms with Crippen LogP contribution in [-0.4, -0.2) is 47.3 Å². The molecule has 2 aromatic carbocycles. The van der Waals surface area contributed by atoms with E-state index >= 15 is 0 Å². The molecule has 2 heterocycles. The SMILES string of the molecule is C[C@@H]1CN(c2ccc(C(=O)NCCCn3ccnc3)cc2C#Cc2ccc(P)cc2)C[C@H](C)O1. The minimum absolute atomic E-state index is 0.0868. The van der Waals surface area contributed by atoms with Crippen LogP contribution in [0.5, 0.6) is 0 Å². The summed E-state index contributed by atoms with van der Waals surface area (Å²) < 4.78 is 7.92. The van der Waals surface area contributed by atoms with Gasteiger partial charge in [0.05, 0.1) is 24.2 Å². The Morgan fingerprint density at radius 2 is 1.91 bits per heavy atom. The smallest absolute Gasteiger partial charge is 0.251 e. The lowest BCUT2D eigenvalue weighted by molar-refractivity contribution is -0.00523. The lowest BCUT2D eigenvalue weighted by atomic mass is 10.0. The van der Waals surface area contributed by atoms with Crippen molar-refractivity contribution in [1.82, 2.24) is 14.9 Å². The zero-order valence-electron chi connectivity index (χ0n) is 19.7. The van der Waals surface area contributed by atoms with E-state index in [4.69, 9.17) is 4.74 Å². The van der Waals surface area contributed by atoms with Gasteiger partial charge in [0.25, 0.3) is 5.91 Å². The average molecular weight is 475 g/mol. The number of imidazole rings is 1. The lowest BCUT2D eigenvalue weighted by Crippen LogP contribution is -2.45. The third kappa shape index (κ3) is 6.47. The van der Waals surface area contributed by atoms with Crippen LogP contribution in [-0.2, 0) is 11.3 Å². The summed E-state index contributed by atoms with van der Waals surface area (Å²) >= 11 is 0. The van der Waals surface area contributed by atoms with Crippen LogP contribution in [0.2, 0.25) is 0 Å². The second-order valence-electron chi connectivity index (χ2n) is 8.68. The zero-order valence-corrected chi connectivity index (χ0v) is 20.9. The van der Waals surface area contributed by atoms with Gasteiger partial charge in [0.1, 0.15) is 0 Å². The van der Waals surface area contributed by atoms with Gasteiger partial charge in [-0.2, -0.15) is 0 Å². The summed E-state index contributed by atoms with van der Waals surface area (Å²) in [5.74, 6) is 6.51. The molecule has 1 aliphatic heterocycles. The van der Waals surface area contributed by atoms with Crippen LogP contribution in [0.25, 0.3) is 0 Å². The van der Waals surface area contributed by atoms with Crippen molar-refractivity contribution in [1.29, 1.82) is 0 Å². The van der Waals surface area contributed by atoms with E-state index in [1.807, 2.05) is 53.2 Å². The highest BCUT2D eigenvalue weighted by atomic mass is 31.0. The summed E-state index contributed by atoms with van der Waals surface area (Å²) in [4.78, 5) is 19.2. The molecule has 3 aromatic rings. The fourth-order valence-corrected chi connectivity index (χ4v) is 4.31. The molecule has 0 aliphatic carbocycles. The molecule has 0 spiro atoms. The fourth-order valence-electron chi connectivity index (χ4n) is 4.12. The van der Waals surface area contributed by atoms with Crippen molar-refractivity contribution in [2.45, 2.75) is 39.0 Å². The van der Waals surface area contributed by atoms with Gasteiger partial charge in [-0.05, 0) is 55.9 Å². The Morgan fingerprint density at radius 1 is 1.15 bits per heavy atom. The number of morpholine rings is 1. The molecule has 1 aromatic heterocycles. The number of hydrogen-bond acceptors (Lipinski definition) is 4. The third-order valence-electron chi connectivity index (χ3n) is 5.71. The van der Waals surface area contributed by atoms with Gasteiger partial charge in [-0.25, -0.2) is 4.98 Å². The average Bonchev–Trinajstić information content (AvgIpc) is 3.34. The van der Waals surface area contributed by atoms with E-state index in [9.17, 15) is 4.79 Å². The Hall–Kier alpha value is -3.13. The molecule has 1 N–H and O–H groups in total. The molecule has 1 saturated heterocycles. The Morgan fingerprint density at radius 3 is 2.62 bits per heavy atom. The number of rotatable bonds is 6. The largest absolute Gasteiger partial charge is 0.372 e. The molecule has 0 saturated carbocycles. The number of amides is 1. The molecule has 1 unspecified atom stereocenters. The number of aryl methyl sites for hydroxylation is 1. The predicted molar refractivity (Wildman–Crippen MR) is 140 cm³/mol. The normalized spacial score (nSPS) is 17.7. The molecular formula is C27H31N4O2P. The van der Waals surface area contributed by atoms with Crippen molar-refractivity contribution < 1.29 is 9.53 Å². The molecule has 6 nitrogen and oxygen atoms in total. The van der Waals surface area contributed by atoms with E-state index in [0.29, 0.717) is 12.1 Å². The van der Waals surface area contributed by atoms with E-state index in [2.05, 4.69) is 50.1 Å². The topological polar surface area (TPSA) is 59.4 Å². The highest BCUT2D eigenvalue weighted by Crippen LogP contribution is 2.25. The van der Waals surface area contributed by atoms with Crippen molar-refractivity contribution in [2.75, 3.05) is 24.5 Å². The number of nitrogens with one attached hydrogen (secondary N) is 1. The van der Waals surface area contributed by atoms with Crippen LogP contribution < -0.4 is 15.5 Å². The molecule has 0 radical (unpaired) electrons. The number of aromatic nitrogens is 2. The highest BCUT2D eigenvalue weighted by molar-refractivity contribution is 7.27. The van der Waals surface area contributed by atoms with Gasteiger partial charge in [-0.1, -0.05) is 24.0 Å². The van der Waals surface area contributed by atoms with Crippen LogP contribution in [0.3, 0.4) is 0 Å². The first-order chi connectivity index (χ1) is 16.5. The maximum absolute atomic E-state index is 12.8. The number of carbonyl (C=O) groups is 1. The molecule has 1 fully saturated rings. The molecule has 4 rings (SSSR count). The first-order valence-corrected chi connectivity index (χ1v) is 12.2. The minimum Gasteiger partial charge on any atom is -0.372 e. The first kappa shape index (κ1) is 24.0. The quantitative estimate of drug-likeness (QED) is 0.339. The van der Waals surface area contributed by atoms with E-state index in [-0.39, 0.29) is 18.1 Å². The number of anilines is 1. The second kappa shape index (κ2) is 11.3. The third-order valence-corrected chi connectivity index (χ3v) is 6.09. The van der Waals surface area contributed by atoms with E-state index < -0.39 is 0 Å². The van der Waals surface area contributed by atoms with Crippen LogP contribution in [0.4, 0.5) is 5.69 Å². The van der Waals surface area contributed by atoms with Crippen LogP contribution in [0.15, 0.2) is 61.2 Å². The van der Waals surface area contributed by atoms with Crippen LogP contribution in [0.1, 0.15) is 41.8 Å². The van der Waals surface area contributed by atoms with E-state index in [1.165, 1.54) is 0 Å². The van der Waals surface area contributed by atoms with E-state index in [0.717, 1.165) is 48.2 Å². The predicted octanol–water partition coefficient (Wildman–Crippen LogP) is 3.22. The molecule has 1 aliphatic rings. The minimum atomic E-state index is -0.0868.